The van der Waals surface area contributed by atoms with Crippen molar-refractivity contribution in [1.29, 1.82) is 0 Å². The minimum Gasteiger partial charge on any atom is -0.493 e. The Morgan fingerprint density at radius 3 is 2.61 bits per heavy atom. The molecule has 3 aliphatic heterocycles. The summed E-state index contributed by atoms with van der Waals surface area (Å²) in [7, 11) is 0. The molecule has 0 radical (unpaired) electrons. The van der Waals surface area contributed by atoms with E-state index in [0.29, 0.717) is 17.9 Å². The van der Waals surface area contributed by atoms with Gasteiger partial charge in [-0.2, -0.15) is 0 Å². The summed E-state index contributed by atoms with van der Waals surface area (Å²) in [6.07, 6.45) is 3.86. The maximum Gasteiger partial charge on any atom is 0.251 e. The minimum absolute atomic E-state index is 0.0220. The summed E-state index contributed by atoms with van der Waals surface area (Å²) in [5, 5.41) is 5.70. The summed E-state index contributed by atoms with van der Waals surface area (Å²) in [5.41, 5.74) is 7.75. The van der Waals surface area contributed by atoms with Crippen LogP contribution in [0.2, 0.25) is 0 Å². The Morgan fingerprint density at radius 2 is 1.89 bits per heavy atom. The highest BCUT2D eigenvalue weighted by atomic mass is 16.5. The molecule has 0 aliphatic carbocycles. The summed E-state index contributed by atoms with van der Waals surface area (Å²) in [6.45, 7) is 11.1. The molecule has 0 saturated carbocycles. The first kappa shape index (κ1) is 27.5. The maximum absolute atomic E-state index is 12.9. The molecule has 8 nitrogen and oxygen atoms in total. The number of aliphatic imine (C=N–C) groups is 1. The van der Waals surface area contributed by atoms with Gasteiger partial charge in [0.25, 0.3) is 5.91 Å². The van der Waals surface area contributed by atoms with Gasteiger partial charge in [0.2, 0.25) is 5.91 Å². The van der Waals surface area contributed by atoms with E-state index >= 15 is 0 Å². The van der Waals surface area contributed by atoms with Gasteiger partial charge in [-0.15, -0.1) is 0 Å². The highest BCUT2D eigenvalue weighted by molar-refractivity contribution is 5.98. The number of hydrogen-bond donors (Lipinski definition) is 3. The number of para-hydroxylation sites is 1. The molecule has 5 rings (SSSR count). The molecule has 3 aliphatic rings. The molecule has 204 valence electrons. The van der Waals surface area contributed by atoms with Gasteiger partial charge in [0.05, 0.1) is 24.6 Å². The first-order valence-electron chi connectivity index (χ1n) is 13.5. The van der Waals surface area contributed by atoms with Crippen LogP contribution < -0.4 is 25.8 Å². The van der Waals surface area contributed by atoms with Crippen LogP contribution in [0.1, 0.15) is 87.8 Å². The average Bonchev–Trinajstić information content (AvgIpc) is 2.87. The second-order valence-corrected chi connectivity index (χ2v) is 11.2. The summed E-state index contributed by atoms with van der Waals surface area (Å²) in [5.74, 6) is 2.41. The molecular formula is C30H40N4O4. The van der Waals surface area contributed by atoms with Crippen LogP contribution in [0, 0.1) is 5.92 Å². The van der Waals surface area contributed by atoms with Crippen molar-refractivity contribution >= 4 is 17.8 Å². The van der Waals surface area contributed by atoms with E-state index in [0.717, 1.165) is 54.9 Å². The summed E-state index contributed by atoms with van der Waals surface area (Å²) in [4.78, 5) is 28.3. The van der Waals surface area contributed by atoms with E-state index in [2.05, 4.69) is 36.4 Å². The van der Waals surface area contributed by atoms with E-state index in [-0.39, 0.29) is 35.0 Å². The summed E-state index contributed by atoms with van der Waals surface area (Å²) >= 11 is 0. The predicted molar refractivity (Wildman–Crippen MR) is 148 cm³/mol. The average molecular weight is 521 g/mol. The number of hydrogen-bond acceptors (Lipinski definition) is 6. The second kappa shape index (κ2) is 11.1. The Kier molecular flexibility index (Phi) is 7.99. The molecule has 1 unspecified atom stereocenters. The molecule has 38 heavy (non-hydrogen) atoms. The van der Waals surface area contributed by atoms with Gasteiger partial charge in [-0.1, -0.05) is 39.0 Å². The molecule has 0 spiro atoms. The zero-order chi connectivity index (χ0) is 27.5. The monoisotopic (exact) mass is 520 g/mol. The highest BCUT2D eigenvalue weighted by Gasteiger charge is 2.35. The van der Waals surface area contributed by atoms with Gasteiger partial charge in [0.1, 0.15) is 17.1 Å². The number of carbonyl (C=O) groups excluding carboxylic acids is 2. The molecule has 3 heterocycles. The number of benzene rings is 2. The Bertz CT molecular complexity index is 1220. The first-order chi connectivity index (χ1) is 18.0. The molecule has 4 N–H and O–H groups in total. The normalized spacial score (nSPS) is 22.6. The summed E-state index contributed by atoms with van der Waals surface area (Å²) in [6, 6.07) is 13.6. The number of carbonyl (C=O) groups is 2. The zero-order valence-electron chi connectivity index (χ0n) is 23.1. The van der Waals surface area contributed by atoms with Gasteiger partial charge >= 0.3 is 0 Å². The fourth-order valence-corrected chi connectivity index (χ4v) is 5.33. The van der Waals surface area contributed by atoms with Crippen LogP contribution >= 0.6 is 0 Å². The Hall–Kier alpha value is -3.55. The number of nitrogens with one attached hydrogen (secondary N) is 2. The van der Waals surface area contributed by atoms with Gasteiger partial charge in [-0.05, 0) is 68.9 Å². The van der Waals surface area contributed by atoms with Crippen LogP contribution in [0.3, 0.4) is 0 Å². The number of amides is 2. The first-order valence-corrected chi connectivity index (χ1v) is 13.5. The van der Waals surface area contributed by atoms with Crippen molar-refractivity contribution in [2.75, 3.05) is 6.61 Å². The number of rotatable bonds is 4. The standard InChI is InChI=1S/C22H25NO3.C8H15N3O/c1-14-10-16-11-15(8-9-19(16)25-13-14)21(24)23-18-12-22(2,3)26-20-7-5-4-6-17(18)20;1-3-8(4-2)5-6(12)10-7(9)11-8/h4-9,11,14,18H,10,12-13H2,1-3H3,(H,23,24);3-5H2,1-2H3,(H3,9,10,11,12)/t14-,18?;/m0./s1. The van der Waals surface area contributed by atoms with Gasteiger partial charge in [-0.3, -0.25) is 14.9 Å². The lowest BCUT2D eigenvalue weighted by Gasteiger charge is -2.37. The van der Waals surface area contributed by atoms with Crippen molar-refractivity contribution < 1.29 is 19.1 Å². The van der Waals surface area contributed by atoms with Crippen molar-refractivity contribution in [3.05, 3.63) is 59.2 Å². The fraction of sp³-hybridized carbons (Fsp3) is 0.500. The lowest BCUT2D eigenvalue weighted by molar-refractivity contribution is -0.121. The molecule has 8 heteroatoms. The molecule has 0 saturated heterocycles. The Labute approximate surface area is 225 Å². The predicted octanol–water partition coefficient (Wildman–Crippen LogP) is 4.67. The van der Waals surface area contributed by atoms with Crippen molar-refractivity contribution in [3.63, 3.8) is 0 Å². The van der Waals surface area contributed by atoms with E-state index in [9.17, 15) is 9.59 Å². The third-order valence-electron chi connectivity index (χ3n) is 7.53. The highest BCUT2D eigenvalue weighted by Crippen LogP contribution is 2.39. The summed E-state index contributed by atoms with van der Waals surface area (Å²) < 4.78 is 11.8. The number of ether oxygens (including phenoxy) is 2. The van der Waals surface area contributed by atoms with Crippen LogP contribution in [0.25, 0.3) is 0 Å². The van der Waals surface area contributed by atoms with E-state index in [1.54, 1.807) is 0 Å². The minimum atomic E-state index is -0.314. The molecule has 0 bridgehead atoms. The molecule has 0 fully saturated rings. The van der Waals surface area contributed by atoms with Crippen LogP contribution in [-0.2, 0) is 11.2 Å². The molecule has 2 aromatic carbocycles. The zero-order valence-corrected chi connectivity index (χ0v) is 23.1. The van der Waals surface area contributed by atoms with Crippen molar-refractivity contribution in [2.45, 2.75) is 83.9 Å². The topological polar surface area (TPSA) is 115 Å². The van der Waals surface area contributed by atoms with Gasteiger partial charge in [-0.25, -0.2) is 4.99 Å². The van der Waals surface area contributed by atoms with Crippen LogP contribution in [-0.4, -0.2) is 35.5 Å². The number of fused-ring (bicyclic) bond motifs is 2. The molecule has 2 amide bonds. The van der Waals surface area contributed by atoms with Gasteiger partial charge in [0, 0.05) is 17.5 Å². The van der Waals surface area contributed by atoms with E-state index in [4.69, 9.17) is 15.2 Å². The van der Waals surface area contributed by atoms with Crippen molar-refractivity contribution in [1.82, 2.24) is 10.6 Å². The van der Waals surface area contributed by atoms with E-state index in [1.165, 1.54) is 0 Å². The lowest BCUT2D eigenvalue weighted by atomic mass is 9.88. The molecule has 2 atom stereocenters. The van der Waals surface area contributed by atoms with E-state index in [1.807, 2.05) is 56.3 Å². The molecular weight excluding hydrogens is 480 g/mol. The van der Waals surface area contributed by atoms with Crippen molar-refractivity contribution in [3.8, 4) is 11.5 Å². The SMILES string of the molecule is CCC1(CC)CC(=O)NC(N)=N1.C[C@@H]1COc2ccc(C(=O)NC3CC(C)(C)Oc4ccccc43)cc2C1. The van der Waals surface area contributed by atoms with Crippen LogP contribution in [0.5, 0.6) is 11.5 Å². The fourth-order valence-electron chi connectivity index (χ4n) is 5.33. The van der Waals surface area contributed by atoms with Gasteiger partial charge < -0.3 is 20.5 Å². The maximum atomic E-state index is 12.9. The third kappa shape index (κ3) is 6.29. The largest absolute Gasteiger partial charge is 0.493 e. The van der Waals surface area contributed by atoms with Gasteiger partial charge in [0.15, 0.2) is 5.96 Å². The number of guanidine groups is 1. The Balaban J connectivity index is 0.000000236. The third-order valence-corrected chi connectivity index (χ3v) is 7.53. The quantitative estimate of drug-likeness (QED) is 0.542. The molecule has 2 aromatic rings. The van der Waals surface area contributed by atoms with Crippen molar-refractivity contribution in [2.24, 2.45) is 16.6 Å². The van der Waals surface area contributed by atoms with Crippen LogP contribution in [0.15, 0.2) is 47.5 Å². The van der Waals surface area contributed by atoms with Crippen LogP contribution in [0.4, 0.5) is 0 Å². The van der Waals surface area contributed by atoms with E-state index < -0.39 is 0 Å². The smallest absolute Gasteiger partial charge is 0.251 e. The lowest BCUT2D eigenvalue weighted by Crippen LogP contribution is -2.48. The Morgan fingerprint density at radius 1 is 1.16 bits per heavy atom. The molecule has 0 aromatic heterocycles. The second-order valence-electron chi connectivity index (χ2n) is 11.2. The number of nitrogens with two attached hydrogens (primary N) is 1. The number of nitrogens with zero attached hydrogens (tertiary/aromatic N) is 1.